The Labute approximate surface area is 252 Å². The van der Waals surface area contributed by atoms with Crippen LogP contribution in [0.15, 0.2) is 56.7 Å². The predicted molar refractivity (Wildman–Crippen MR) is 153 cm³/mol. The molecule has 0 spiro atoms. The van der Waals surface area contributed by atoms with Gasteiger partial charge in [-0.2, -0.15) is 4.89 Å². The molecule has 208 valence electrons. The SMILES string of the molecule is Cc1cnc2n1-c1cc(Br)c(Br)cc1C(c1ccccn1)=N[C@H]2CCC(=O)OC1(C(=O)OOC2CC(Cl)C2)CC1. The molecule has 1 atom stereocenters. The van der Waals surface area contributed by atoms with E-state index in [0.717, 1.165) is 25.9 Å². The van der Waals surface area contributed by atoms with Crippen LogP contribution in [0.1, 0.15) is 67.3 Å². The lowest BCUT2D eigenvalue weighted by atomic mass is 9.96. The number of carbonyl (C=O) groups is 2. The van der Waals surface area contributed by atoms with Crippen LogP contribution in [0.5, 0.6) is 0 Å². The van der Waals surface area contributed by atoms with Gasteiger partial charge in [-0.1, -0.05) is 6.07 Å². The smallest absolute Gasteiger partial charge is 0.385 e. The number of carbonyl (C=O) groups excluding carboxylic acids is 2. The molecule has 0 amide bonds. The van der Waals surface area contributed by atoms with Gasteiger partial charge in [0.25, 0.3) is 0 Å². The van der Waals surface area contributed by atoms with E-state index in [9.17, 15) is 9.59 Å². The highest BCUT2D eigenvalue weighted by molar-refractivity contribution is 9.13. The first-order valence-corrected chi connectivity index (χ1v) is 15.0. The minimum atomic E-state index is -1.28. The molecule has 0 radical (unpaired) electrons. The zero-order valence-corrected chi connectivity index (χ0v) is 25.4. The highest BCUT2D eigenvalue weighted by Crippen LogP contribution is 2.42. The number of esters is 1. The number of imidazole rings is 1. The number of aryl methyl sites for hydroxylation is 1. The highest BCUT2D eigenvalue weighted by atomic mass is 79.9. The fraction of sp³-hybridized carbons (Fsp3) is 0.393. The summed E-state index contributed by atoms with van der Waals surface area (Å²) in [4.78, 5) is 50.0. The van der Waals surface area contributed by atoms with Crippen LogP contribution < -0.4 is 0 Å². The van der Waals surface area contributed by atoms with Crippen molar-refractivity contribution in [2.24, 2.45) is 4.99 Å². The molecule has 2 saturated carbocycles. The molecule has 1 aromatic carbocycles. The van der Waals surface area contributed by atoms with E-state index in [1.807, 2.05) is 37.3 Å². The van der Waals surface area contributed by atoms with E-state index < -0.39 is 23.6 Å². The average Bonchev–Trinajstić information content (AvgIpc) is 3.63. The average molecular weight is 693 g/mol. The molecule has 3 aliphatic rings. The number of hydrogen-bond acceptors (Lipinski definition) is 8. The molecule has 2 aromatic heterocycles. The number of pyridine rings is 1. The molecule has 9 nitrogen and oxygen atoms in total. The van der Waals surface area contributed by atoms with Gasteiger partial charge in [0.05, 0.1) is 17.1 Å². The molecule has 12 heteroatoms. The maximum absolute atomic E-state index is 13.0. The number of benzene rings is 1. The van der Waals surface area contributed by atoms with E-state index in [1.54, 1.807) is 12.4 Å². The van der Waals surface area contributed by atoms with Gasteiger partial charge >= 0.3 is 11.9 Å². The largest absolute Gasteiger partial charge is 0.447 e. The van der Waals surface area contributed by atoms with E-state index in [4.69, 9.17) is 31.1 Å². The molecule has 3 heterocycles. The summed E-state index contributed by atoms with van der Waals surface area (Å²) in [5, 5.41) is 0.0384. The number of alkyl halides is 1. The van der Waals surface area contributed by atoms with Gasteiger partial charge in [0.1, 0.15) is 18.0 Å². The predicted octanol–water partition coefficient (Wildman–Crippen LogP) is 6.09. The monoisotopic (exact) mass is 690 g/mol. The molecule has 0 bridgehead atoms. The molecule has 0 unspecified atom stereocenters. The van der Waals surface area contributed by atoms with Crippen molar-refractivity contribution in [1.29, 1.82) is 0 Å². The zero-order valence-electron chi connectivity index (χ0n) is 21.5. The first-order chi connectivity index (χ1) is 19.2. The number of halogens is 3. The lowest BCUT2D eigenvalue weighted by Crippen LogP contribution is -2.36. The third-order valence-electron chi connectivity index (χ3n) is 7.29. The van der Waals surface area contributed by atoms with Crippen LogP contribution in [0.3, 0.4) is 0 Å². The fourth-order valence-corrected chi connectivity index (χ4v) is 5.92. The maximum atomic E-state index is 13.0. The zero-order chi connectivity index (χ0) is 28.0. The van der Waals surface area contributed by atoms with Crippen LogP contribution in [0.2, 0.25) is 0 Å². The van der Waals surface area contributed by atoms with Gasteiger partial charge in [-0.3, -0.25) is 24.2 Å². The van der Waals surface area contributed by atoms with Crippen molar-refractivity contribution in [3.8, 4) is 5.69 Å². The Morgan fingerprint density at radius 3 is 2.62 bits per heavy atom. The number of fused-ring (bicyclic) bond motifs is 3. The second-order valence-corrected chi connectivity index (χ2v) is 12.6. The van der Waals surface area contributed by atoms with Crippen LogP contribution in [0.25, 0.3) is 5.69 Å². The van der Waals surface area contributed by atoms with E-state index in [0.29, 0.717) is 49.3 Å². The fourth-order valence-electron chi connectivity index (χ4n) is 4.85. The van der Waals surface area contributed by atoms with E-state index in [2.05, 4.69) is 46.4 Å². The molecule has 0 N–H and O–H groups in total. The van der Waals surface area contributed by atoms with Crippen molar-refractivity contribution in [2.45, 2.75) is 68.6 Å². The third-order valence-corrected chi connectivity index (χ3v) is 9.50. The Balaban J connectivity index is 1.23. The highest BCUT2D eigenvalue weighted by Gasteiger charge is 2.57. The number of aliphatic imine (C=N–C) groups is 1. The standard InChI is InChI=1S/C28H25Br2ClN4O5/c1-15-14-33-26-22(5-6-24(36)38-28(7-8-28)27(37)40-39-17-10-16(31)11-17)34-25(21-4-2-3-9-32-21)18-12-19(29)20(30)13-23(18)35(15)26/h2-4,9,12-14,16-17,22H,5-8,10-11H2,1H3/t16?,17?,22-/m0/s1. The lowest BCUT2D eigenvalue weighted by molar-refractivity contribution is -0.315. The summed E-state index contributed by atoms with van der Waals surface area (Å²) in [6.07, 6.45) is 5.71. The molecular weight excluding hydrogens is 668 g/mol. The van der Waals surface area contributed by atoms with Gasteiger partial charge in [0.15, 0.2) is 0 Å². The van der Waals surface area contributed by atoms with Crippen LogP contribution >= 0.6 is 43.5 Å². The lowest BCUT2D eigenvalue weighted by Gasteiger charge is -2.29. The minimum absolute atomic E-state index is 0.0335. The third kappa shape index (κ3) is 5.36. The molecule has 1 aliphatic heterocycles. The van der Waals surface area contributed by atoms with E-state index in [-0.39, 0.29) is 17.9 Å². The number of hydrogen-bond donors (Lipinski definition) is 0. The molecule has 0 saturated heterocycles. The van der Waals surface area contributed by atoms with Crippen LogP contribution in [-0.4, -0.2) is 49.3 Å². The van der Waals surface area contributed by atoms with Gasteiger partial charge in [-0.05, 0) is 82.3 Å². The summed E-state index contributed by atoms with van der Waals surface area (Å²) in [6, 6.07) is 9.24. The van der Waals surface area contributed by atoms with Crippen molar-refractivity contribution >= 4 is 61.1 Å². The molecule has 6 rings (SSSR count). The van der Waals surface area contributed by atoms with Crippen LogP contribution in [-0.2, 0) is 24.1 Å². The Bertz CT molecular complexity index is 1500. The molecular formula is C28H25Br2ClN4O5. The summed E-state index contributed by atoms with van der Waals surface area (Å²) in [5.41, 5.74) is 2.84. The quantitative estimate of drug-likeness (QED) is 0.122. The number of rotatable bonds is 8. The van der Waals surface area contributed by atoms with Crippen LogP contribution in [0.4, 0.5) is 0 Å². The second-order valence-electron chi connectivity index (χ2n) is 10.2. The summed E-state index contributed by atoms with van der Waals surface area (Å²) in [6.45, 7) is 1.98. The van der Waals surface area contributed by atoms with Gasteiger partial charge in [-0.15, -0.1) is 11.6 Å². The number of ether oxygens (including phenoxy) is 1. The van der Waals surface area contributed by atoms with E-state index in [1.165, 1.54) is 0 Å². The number of nitrogens with zero attached hydrogens (tertiary/aromatic N) is 4. The molecule has 40 heavy (non-hydrogen) atoms. The number of aromatic nitrogens is 3. The maximum Gasteiger partial charge on any atom is 0.385 e. The van der Waals surface area contributed by atoms with Gasteiger partial charge in [-0.25, -0.2) is 9.78 Å². The Kier molecular flexibility index (Phi) is 7.58. The summed E-state index contributed by atoms with van der Waals surface area (Å²) < 4.78 is 9.44. The van der Waals surface area contributed by atoms with E-state index >= 15 is 0 Å². The first kappa shape index (κ1) is 27.6. The van der Waals surface area contributed by atoms with Gasteiger partial charge < -0.3 is 4.74 Å². The summed E-state index contributed by atoms with van der Waals surface area (Å²) in [7, 11) is 0. The van der Waals surface area contributed by atoms with Crippen molar-refractivity contribution in [3.05, 3.63) is 74.4 Å². The Morgan fingerprint density at radius 2 is 1.93 bits per heavy atom. The van der Waals surface area contributed by atoms with Crippen molar-refractivity contribution < 1.29 is 24.1 Å². The molecule has 3 aromatic rings. The van der Waals surface area contributed by atoms with Crippen molar-refractivity contribution in [3.63, 3.8) is 0 Å². The van der Waals surface area contributed by atoms with Gasteiger partial charge in [0, 0.05) is 57.2 Å². The topological polar surface area (TPSA) is 105 Å². The Morgan fingerprint density at radius 1 is 1.15 bits per heavy atom. The first-order valence-electron chi connectivity index (χ1n) is 13.0. The minimum Gasteiger partial charge on any atom is -0.447 e. The second kappa shape index (κ2) is 11.0. The van der Waals surface area contributed by atoms with Crippen LogP contribution in [0, 0.1) is 6.92 Å². The summed E-state index contributed by atoms with van der Waals surface area (Å²) >= 11 is 13.2. The molecule has 2 fully saturated rings. The Hall–Kier alpha value is -2.60. The van der Waals surface area contributed by atoms with Crippen molar-refractivity contribution in [2.75, 3.05) is 0 Å². The molecule has 2 aliphatic carbocycles. The van der Waals surface area contributed by atoms with Crippen molar-refractivity contribution in [1.82, 2.24) is 14.5 Å². The normalized spacial score (nSPS) is 22.2. The summed E-state index contributed by atoms with van der Waals surface area (Å²) in [5.74, 6) is -0.476. The van der Waals surface area contributed by atoms with Gasteiger partial charge in [0.2, 0.25) is 5.60 Å².